The molecule has 0 bridgehead atoms. The van der Waals surface area contributed by atoms with Crippen molar-refractivity contribution < 1.29 is 4.79 Å². The van der Waals surface area contributed by atoms with Crippen LogP contribution in [-0.4, -0.2) is 22.4 Å². The summed E-state index contributed by atoms with van der Waals surface area (Å²) in [5.41, 5.74) is 5.23. The summed E-state index contributed by atoms with van der Waals surface area (Å²) in [4.78, 5) is 21.4. The summed E-state index contributed by atoms with van der Waals surface area (Å²) in [6.07, 6.45) is 0. The number of anilines is 4. The number of rotatable bonds is 6. The first-order chi connectivity index (χ1) is 13.4. The van der Waals surface area contributed by atoms with E-state index in [1.807, 2.05) is 76.2 Å². The maximum atomic E-state index is 12.5. The van der Waals surface area contributed by atoms with Crippen LogP contribution in [0.5, 0.6) is 0 Å². The Balaban J connectivity index is 1.69. The van der Waals surface area contributed by atoms with Gasteiger partial charge in [-0.1, -0.05) is 17.7 Å². The maximum absolute atomic E-state index is 12.5. The largest absolute Gasteiger partial charge is 0.370 e. The lowest BCUT2D eigenvalue weighted by molar-refractivity contribution is 0.102. The number of aromatic nitrogens is 2. The average molecular weight is 375 g/mol. The van der Waals surface area contributed by atoms with Crippen LogP contribution in [-0.2, 0) is 0 Å². The normalized spacial score (nSPS) is 10.4. The fourth-order valence-corrected chi connectivity index (χ4v) is 2.93. The van der Waals surface area contributed by atoms with Crippen LogP contribution in [0.15, 0.2) is 48.5 Å². The van der Waals surface area contributed by atoms with Gasteiger partial charge in [0.05, 0.1) is 0 Å². The molecule has 0 fully saturated rings. The molecule has 3 rings (SSSR count). The van der Waals surface area contributed by atoms with Gasteiger partial charge < -0.3 is 16.0 Å². The molecule has 0 unspecified atom stereocenters. The van der Waals surface area contributed by atoms with Crippen LogP contribution in [0.1, 0.15) is 34.1 Å². The highest BCUT2D eigenvalue weighted by Crippen LogP contribution is 2.19. The summed E-state index contributed by atoms with van der Waals surface area (Å²) in [5.74, 6) is 1.20. The molecule has 6 nitrogen and oxygen atoms in total. The minimum absolute atomic E-state index is 0.115. The van der Waals surface area contributed by atoms with Crippen molar-refractivity contribution in [3.8, 4) is 0 Å². The second-order valence-corrected chi connectivity index (χ2v) is 6.72. The molecule has 0 saturated carbocycles. The van der Waals surface area contributed by atoms with Gasteiger partial charge in [0.1, 0.15) is 5.82 Å². The van der Waals surface area contributed by atoms with Crippen molar-refractivity contribution in [1.29, 1.82) is 0 Å². The number of carbonyl (C=O) groups is 1. The third kappa shape index (κ3) is 4.85. The van der Waals surface area contributed by atoms with Crippen molar-refractivity contribution in [1.82, 2.24) is 9.97 Å². The molecule has 6 heteroatoms. The number of benzene rings is 2. The third-order valence-electron chi connectivity index (χ3n) is 4.24. The first-order valence-corrected chi connectivity index (χ1v) is 9.30. The monoisotopic (exact) mass is 375 g/mol. The quantitative estimate of drug-likeness (QED) is 0.575. The summed E-state index contributed by atoms with van der Waals surface area (Å²) < 4.78 is 0. The summed E-state index contributed by atoms with van der Waals surface area (Å²) >= 11 is 0. The van der Waals surface area contributed by atoms with Gasteiger partial charge in [-0.05, 0) is 63.6 Å². The number of hydrogen-bond donors (Lipinski definition) is 3. The molecule has 3 aromatic rings. The highest BCUT2D eigenvalue weighted by Gasteiger charge is 2.09. The fraction of sp³-hybridized carbons (Fsp3) is 0.227. The van der Waals surface area contributed by atoms with E-state index < -0.39 is 0 Å². The fourth-order valence-electron chi connectivity index (χ4n) is 2.93. The first kappa shape index (κ1) is 19.4. The lowest BCUT2D eigenvalue weighted by atomic mass is 10.1. The van der Waals surface area contributed by atoms with Crippen LogP contribution in [0.4, 0.5) is 23.1 Å². The molecule has 0 radical (unpaired) electrons. The van der Waals surface area contributed by atoms with E-state index in [4.69, 9.17) is 0 Å². The smallest absolute Gasteiger partial charge is 0.255 e. The molecule has 1 aromatic heterocycles. The predicted molar refractivity (Wildman–Crippen MR) is 115 cm³/mol. The Morgan fingerprint density at radius 2 is 1.64 bits per heavy atom. The van der Waals surface area contributed by atoms with Crippen LogP contribution in [0, 0.1) is 20.8 Å². The van der Waals surface area contributed by atoms with Gasteiger partial charge in [-0.25, -0.2) is 4.98 Å². The van der Waals surface area contributed by atoms with Gasteiger partial charge in [-0.15, -0.1) is 0 Å². The summed E-state index contributed by atoms with van der Waals surface area (Å²) in [6.45, 7) is 8.71. The Bertz CT molecular complexity index is 983. The van der Waals surface area contributed by atoms with Crippen LogP contribution in [0.25, 0.3) is 0 Å². The van der Waals surface area contributed by atoms with Gasteiger partial charge in [0, 0.05) is 35.2 Å². The molecule has 2 aromatic carbocycles. The lowest BCUT2D eigenvalue weighted by Gasteiger charge is -2.11. The Labute approximate surface area is 165 Å². The van der Waals surface area contributed by atoms with E-state index in [1.165, 1.54) is 0 Å². The van der Waals surface area contributed by atoms with Crippen LogP contribution < -0.4 is 16.0 Å². The Morgan fingerprint density at radius 1 is 0.929 bits per heavy atom. The predicted octanol–water partition coefficient (Wildman–Crippen LogP) is 4.83. The van der Waals surface area contributed by atoms with Gasteiger partial charge in [0.25, 0.3) is 5.91 Å². The van der Waals surface area contributed by atoms with Crippen LogP contribution in [0.2, 0.25) is 0 Å². The summed E-state index contributed by atoms with van der Waals surface area (Å²) in [6, 6.07) is 15.2. The molecule has 3 N–H and O–H groups in total. The van der Waals surface area contributed by atoms with E-state index in [0.717, 1.165) is 40.6 Å². The number of hydrogen-bond acceptors (Lipinski definition) is 5. The van der Waals surface area contributed by atoms with Crippen molar-refractivity contribution in [2.24, 2.45) is 0 Å². The Hall–Kier alpha value is -3.41. The minimum Gasteiger partial charge on any atom is -0.370 e. The first-order valence-electron chi connectivity index (χ1n) is 9.30. The van der Waals surface area contributed by atoms with Gasteiger partial charge >= 0.3 is 0 Å². The molecular weight excluding hydrogens is 350 g/mol. The molecule has 1 amide bonds. The van der Waals surface area contributed by atoms with Gasteiger partial charge in [-0.3, -0.25) is 4.79 Å². The van der Waals surface area contributed by atoms with E-state index >= 15 is 0 Å². The van der Waals surface area contributed by atoms with Gasteiger partial charge in [0.2, 0.25) is 5.95 Å². The van der Waals surface area contributed by atoms with Crippen molar-refractivity contribution in [3.05, 3.63) is 70.9 Å². The molecule has 28 heavy (non-hydrogen) atoms. The number of amides is 1. The maximum Gasteiger partial charge on any atom is 0.255 e. The molecule has 0 aliphatic rings. The molecular formula is C22H25N5O. The summed E-state index contributed by atoms with van der Waals surface area (Å²) in [5, 5.41) is 9.32. The minimum atomic E-state index is -0.115. The Morgan fingerprint density at radius 3 is 2.32 bits per heavy atom. The van der Waals surface area contributed by atoms with Crippen molar-refractivity contribution >= 4 is 29.0 Å². The second kappa shape index (κ2) is 8.52. The summed E-state index contributed by atoms with van der Waals surface area (Å²) in [7, 11) is 0. The van der Waals surface area contributed by atoms with Crippen molar-refractivity contribution in [2.45, 2.75) is 27.7 Å². The molecule has 1 heterocycles. The van der Waals surface area contributed by atoms with Gasteiger partial charge in [0.15, 0.2) is 0 Å². The lowest BCUT2D eigenvalue weighted by Crippen LogP contribution is -2.13. The number of aryl methyl sites for hydroxylation is 3. The van der Waals surface area contributed by atoms with Crippen LogP contribution >= 0.6 is 0 Å². The topological polar surface area (TPSA) is 78.9 Å². The number of nitrogens with one attached hydrogen (secondary N) is 3. The number of nitrogens with zero attached hydrogens (tertiary/aromatic N) is 2. The third-order valence-corrected chi connectivity index (χ3v) is 4.24. The van der Waals surface area contributed by atoms with Crippen LogP contribution in [0.3, 0.4) is 0 Å². The Kier molecular flexibility index (Phi) is 5.89. The van der Waals surface area contributed by atoms with E-state index in [1.54, 1.807) is 0 Å². The SMILES string of the molecule is CCNc1cc(C)nc(Nc2ccc(NC(=O)c3ccc(C)cc3C)cc2)n1. The van der Waals surface area contributed by atoms with E-state index in [9.17, 15) is 4.79 Å². The highest BCUT2D eigenvalue weighted by atomic mass is 16.1. The van der Waals surface area contributed by atoms with E-state index in [2.05, 4.69) is 25.9 Å². The zero-order chi connectivity index (χ0) is 20.1. The molecule has 0 spiro atoms. The standard InChI is InChI=1S/C22H25N5O/c1-5-23-20-13-16(4)24-22(27-20)26-18-9-7-17(8-10-18)25-21(28)19-11-6-14(2)12-15(19)3/h6-13H,5H2,1-4H3,(H,25,28)(H2,23,24,26,27). The highest BCUT2D eigenvalue weighted by molar-refractivity contribution is 6.05. The molecule has 144 valence electrons. The molecule has 0 aliphatic carbocycles. The number of carbonyl (C=O) groups excluding carboxylic acids is 1. The molecule has 0 saturated heterocycles. The molecule has 0 aliphatic heterocycles. The average Bonchev–Trinajstić information content (AvgIpc) is 2.63. The zero-order valence-electron chi connectivity index (χ0n) is 16.6. The van der Waals surface area contributed by atoms with E-state index in [0.29, 0.717) is 11.5 Å². The molecule has 0 atom stereocenters. The van der Waals surface area contributed by atoms with E-state index in [-0.39, 0.29) is 5.91 Å². The second-order valence-electron chi connectivity index (χ2n) is 6.72. The van der Waals surface area contributed by atoms with Crippen molar-refractivity contribution in [2.75, 3.05) is 22.5 Å². The van der Waals surface area contributed by atoms with Crippen molar-refractivity contribution in [3.63, 3.8) is 0 Å². The zero-order valence-corrected chi connectivity index (χ0v) is 16.6. The van der Waals surface area contributed by atoms with Gasteiger partial charge in [-0.2, -0.15) is 4.98 Å².